The van der Waals surface area contributed by atoms with E-state index in [1.807, 2.05) is 12.1 Å². The molecule has 0 aromatic heterocycles. The number of nitrogen functional groups attached to an aromatic ring is 1. The van der Waals surface area contributed by atoms with Crippen molar-refractivity contribution in [1.29, 1.82) is 5.41 Å². The molecule has 1 aliphatic heterocycles. The molecule has 0 bridgehead atoms. The van der Waals surface area contributed by atoms with E-state index in [1.54, 1.807) is 0 Å². The SMILES string of the molecule is CC(C)(C)C1CCC(C2=NCCc3ccc([C@@H]4CC4c4ccc5cc(C(=N)N)ccc5c4)cc32)CC1. The Morgan fingerprint density at radius 3 is 2.25 bits per heavy atom. The Hall–Kier alpha value is -2.94. The van der Waals surface area contributed by atoms with E-state index in [0.29, 0.717) is 23.2 Å². The third-order valence-electron chi connectivity index (χ3n) is 9.23. The fraction of sp³-hybridized carbons (Fsp3) is 0.455. The maximum Gasteiger partial charge on any atom is 0.122 e. The lowest BCUT2D eigenvalue weighted by Gasteiger charge is -2.38. The molecule has 0 saturated heterocycles. The van der Waals surface area contributed by atoms with Gasteiger partial charge in [0.1, 0.15) is 5.84 Å². The monoisotopic (exact) mass is 477 g/mol. The normalized spacial score (nSPS) is 25.8. The molecule has 0 radical (unpaired) electrons. The molecule has 2 atom stereocenters. The van der Waals surface area contributed by atoms with Gasteiger partial charge in [-0.15, -0.1) is 0 Å². The number of hydrogen-bond acceptors (Lipinski definition) is 2. The van der Waals surface area contributed by atoms with Gasteiger partial charge in [-0.3, -0.25) is 10.4 Å². The van der Waals surface area contributed by atoms with Crippen molar-refractivity contribution in [3.63, 3.8) is 0 Å². The molecule has 3 heteroatoms. The minimum absolute atomic E-state index is 0.126. The van der Waals surface area contributed by atoms with Crippen LogP contribution in [0.3, 0.4) is 0 Å². The molecule has 1 unspecified atom stereocenters. The van der Waals surface area contributed by atoms with Crippen molar-refractivity contribution in [2.75, 3.05) is 6.54 Å². The third kappa shape index (κ3) is 4.38. The maximum absolute atomic E-state index is 7.70. The number of nitrogens with one attached hydrogen (secondary N) is 1. The first-order valence-electron chi connectivity index (χ1n) is 13.8. The zero-order chi connectivity index (χ0) is 25.0. The molecule has 3 aromatic carbocycles. The van der Waals surface area contributed by atoms with E-state index in [4.69, 9.17) is 16.1 Å². The number of hydrogen-bond donors (Lipinski definition) is 2. The van der Waals surface area contributed by atoms with Gasteiger partial charge in [0, 0.05) is 23.7 Å². The van der Waals surface area contributed by atoms with Crippen LogP contribution in [0.15, 0.2) is 59.6 Å². The fourth-order valence-corrected chi connectivity index (χ4v) is 6.84. The van der Waals surface area contributed by atoms with Crippen LogP contribution in [-0.2, 0) is 6.42 Å². The van der Waals surface area contributed by atoms with E-state index in [1.165, 1.54) is 65.5 Å². The average molecular weight is 478 g/mol. The second-order valence-electron chi connectivity index (χ2n) is 12.5. The van der Waals surface area contributed by atoms with Crippen molar-refractivity contribution in [2.45, 2.75) is 71.1 Å². The molecule has 6 rings (SSSR count). The summed E-state index contributed by atoms with van der Waals surface area (Å²) in [4.78, 5) is 5.13. The highest BCUT2D eigenvalue weighted by molar-refractivity contribution is 6.04. The van der Waals surface area contributed by atoms with Gasteiger partial charge in [0.05, 0.1) is 0 Å². The lowest BCUT2D eigenvalue weighted by atomic mass is 9.68. The van der Waals surface area contributed by atoms with Gasteiger partial charge >= 0.3 is 0 Å². The first-order chi connectivity index (χ1) is 17.3. The number of nitrogens with two attached hydrogens (primary N) is 1. The highest BCUT2D eigenvalue weighted by atomic mass is 14.8. The summed E-state index contributed by atoms with van der Waals surface area (Å²) in [5.41, 5.74) is 14.2. The Kier molecular flexibility index (Phi) is 5.78. The van der Waals surface area contributed by atoms with Gasteiger partial charge < -0.3 is 5.73 Å². The van der Waals surface area contributed by atoms with Gasteiger partial charge in [0.2, 0.25) is 0 Å². The Morgan fingerprint density at radius 1 is 0.861 bits per heavy atom. The molecule has 36 heavy (non-hydrogen) atoms. The summed E-state index contributed by atoms with van der Waals surface area (Å²) >= 11 is 0. The van der Waals surface area contributed by atoms with E-state index in [0.717, 1.165) is 29.8 Å². The van der Waals surface area contributed by atoms with Crippen LogP contribution in [0.5, 0.6) is 0 Å². The van der Waals surface area contributed by atoms with E-state index in [2.05, 4.69) is 63.2 Å². The number of nitrogens with zero attached hydrogens (tertiary/aromatic N) is 1. The smallest absolute Gasteiger partial charge is 0.122 e. The van der Waals surface area contributed by atoms with Crippen molar-refractivity contribution in [1.82, 2.24) is 0 Å². The zero-order valence-corrected chi connectivity index (χ0v) is 22.0. The van der Waals surface area contributed by atoms with Gasteiger partial charge in [0.15, 0.2) is 0 Å². The molecule has 2 saturated carbocycles. The van der Waals surface area contributed by atoms with Crippen molar-refractivity contribution < 1.29 is 0 Å². The molecule has 3 N–H and O–H groups in total. The van der Waals surface area contributed by atoms with E-state index >= 15 is 0 Å². The number of fused-ring (bicyclic) bond motifs is 2. The number of benzene rings is 3. The quantitative estimate of drug-likeness (QED) is 0.295. The van der Waals surface area contributed by atoms with Crippen LogP contribution in [0, 0.1) is 22.7 Å². The van der Waals surface area contributed by atoms with Crippen LogP contribution in [0.2, 0.25) is 0 Å². The molecule has 3 nitrogen and oxygen atoms in total. The third-order valence-corrected chi connectivity index (χ3v) is 9.23. The fourth-order valence-electron chi connectivity index (χ4n) is 6.84. The summed E-state index contributed by atoms with van der Waals surface area (Å²) in [7, 11) is 0. The number of amidine groups is 1. The summed E-state index contributed by atoms with van der Waals surface area (Å²) in [6.45, 7) is 8.17. The van der Waals surface area contributed by atoms with Crippen LogP contribution in [0.25, 0.3) is 10.8 Å². The largest absolute Gasteiger partial charge is 0.384 e. The summed E-state index contributed by atoms with van der Waals surface area (Å²) in [5, 5.41) is 10.1. The highest BCUT2D eigenvalue weighted by Gasteiger charge is 2.40. The average Bonchev–Trinajstić information content (AvgIpc) is 3.68. The minimum Gasteiger partial charge on any atom is -0.384 e. The minimum atomic E-state index is 0.126. The van der Waals surface area contributed by atoms with Crippen LogP contribution in [-0.4, -0.2) is 18.1 Å². The van der Waals surface area contributed by atoms with Gasteiger partial charge in [-0.2, -0.15) is 0 Å². The number of rotatable bonds is 4. The Morgan fingerprint density at radius 2 is 1.53 bits per heavy atom. The van der Waals surface area contributed by atoms with Gasteiger partial charge in [-0.25, -0.2) is 0 Å². The van der Waals surface area contributed by atoms with Crippen LogP contribution < -0.4 is 5.73 Å². The zero-order valence-electron chi connectivity index (χ0n) is 22.0. The first-order valence-corrected chi connectivity index (χ1v) is 13.8. The van der Waals surface area contributed by atoms with E-state index in [-0.39, 0.29) is 5.84 Å². The summed E-state index contributed by atoms with van der Waals surface area (Å²) < 4.78 is 0. The molecule has 1 heterocycles. The van der Waals surface area contributed by atoms with E-state index in [9.17, 15) is 0 Å². The maximum atomic E-state index is 7.70. The van der Waals surface area contributed by atoms with Crippen molar-refractivity contribution >= 4 is 22.3 Å². The summed E-state index contributed by atoms with van der Waals surface area (Å²) in [6, 6.07) is 20.2. The molecule has 0 amide bonds. The molecule has 2 aliphatic carbocycles. The van der Waals surface area contributed by atoms with E-state index < -0.39 is 0 Å². The molecule has 2 fully saturated rings. The summed E-state index contributed by atoms with van der Waals surface area (Å²) in [5.74, 6) is 2.79. The van der Waals surface area contributed by atoms with Gasteiger partial charge in [0.25, 0.3) is 0 Å². The first kappa shape index (κ1) is 23.5. The standard InChI is InChI=1S/C33H39N3/c1-33(2,3)27-12-10-21(11-13-27)31-30-18-25(7-4-20(30)14-15-36-31)29-19-28(29)24-8-5-23-17-26(32(34)35)9-6-22(23)16-24/h4-9,16-18,21,27-29H,10-15,19H2,1-3H3,(H3,34,35)/t21?,27?,28?,29-/m0/s1. The second-order valence-corrected chi connectivity index (χ2v) is 12.5. The van der Waals surface area contributed by atoms with Gasteiger partial charge in [-0.1, -0.05) is 63.2 Å². The van der Waals surface area contributed by atoms with Crippen molar-refractivity contribution in [3.05, 3.63) is 82.4 Å². The number of aliphatic imine (C=N–C) groups is 1. The van der Waals surface area contributed by atoms with Crippen LogP contribution in [0.1, 0.15) is 92.5 Å². The van der Waals surface area contributed by atoms with Gasteiger partial charge in [-0.05, 0) is 107 Å². The van der Waals surface area contributed by atoms with Crippen molar-refractivity contribution in [3.8, 4) is 0 Å². The molecule has 0 spiro atoms. The lowest BCUT2D eigenvalue weighted by molar-refractivity contribution is 0.167. The topological polar surface area (TPSA) is 62.2 Å². The van der Waals surface area contributed by atoms with Crippen LogP contribution in [0.4, 0.5) is 0 Å². The predicted octanol–water partition coefficient (Wildman–Crippen LogP) is 7.59. The molecular weight excluding hydrogens is 438 g/mol. The van der Waals surface area contributed by atoms with Crippen molar-refractivity contribution in [2.24, 2.45) is 28.0 Å². The predicted molar refractivity (Wildman–Crippen MR) is 152 cm³/mol. The van der Waals surface area contributed by atoms with Crippen LogP contribution >= 0.6 is 0 Å². The Bertz CT molecular complexity index is 1350. The lowest BCUT2D eigenvalue weighted by Crippen LogP contribution is -2.30. The highest BCUT2D eigenvalue weighted by Crippen LogP contribution is 2.55. The Balaban J connectivity index is 1.21. The molecule has 3 aliphatic rings. The molecule has 3 aromatic rings. The molecule has 186 valence electrons. The molecular formula is C33H39N3. The summed E-state index contributed by atoms with van der Waals surface area (Å²) in [6.07, 6.45) is 7.56. The second kappa shape index (κ2) is 8.87. The Labute approximate surface area is 215 Å².